The standard InChI is InChI=1S/C20H28O3/c1-20-8-7-14-15(17(20)5-6-19(20)22)4-3-12-10-18(21)13(11-23-2)9-16(12)14/h9-10,14-15,17,19,21-22H,3-8,11H2,1-2H3/t14?,15?,17?,19-,20-/m0/s1. The predicted octanol–water partition coefficient (Wildman–Crippen LogP) is 3.76. The number of phenolic OH excluding ortho intramolecular Hbond substituents is 1. The van der Waals surface area contributed by atoms with Crippen molar-refractivity contribution in [1.82, 2.24) is 0 Å². The number of rotatable bonds is 2. The normalized spacial score (nSPS) is 38.7. The van der Waals surface area contributed by atoms with Crippen molar-refractivity contribution in [3.05, 3.63) is 28.8 Å². The van der Waals surface area contributed by atoms with E-state index in [9.17, 15) is 10.2 Å². The first-order valence-electron chi connectivity index (χ1n) is 9.06. The minimum Gasteiger partial charge on any atom is -0.508 e. The van der Waals surface area contributed by atoms with E-state index in [4.69, 9.17) is 4.74 Å². The van der Waals surface area contributed by atoms with Gasteiger partial charge in [-0.05, 0) is 85.0 Å². The molecule has 2 saturated carbocycles. The quantitative estimate of drug-likeness (QED) is 0.873. The molecule has 2 N–H and O–H groups in total. The first kappa shape index (κ1) is 15.5. The van der Waals surface area contributed by atoms with Gasteiger partial charge in [0.15, 0.2) is 0 Å². The number of aliphatic hydroxyl groups is 1. The zero-order valence-corrected chi connectivity index (χ0v) is 14.2. The number of ether oxygens (including phenoxy) is 1. The minimum atomic E-state index is -0.112. The first-order valence-corrected chi connectivity index (χ1v) is 9.06. The molecule has 4 rings (SSSR count). The Balaban J connectivity index is 1.70. The molecule has 126 valence electrons. The van der Waals surface area contributed by atoms with Crippen LogP contribution in [-0.4, -0.2) is 23.4 Å². The molecule has 5 atom stereocenters. The second-order valence-corrected chi connectivity index (χ2v) is 8.17. The van der Waals surface area contributed by atoms with Crippen LogP contribution in [-0.2, 0) is 17.8 Å². The van der Waals surface area contributed by atoms with Gasteiger partial charge in [0.25, 0.3) is 0 Å². The fourth-order valence-electron chi connectivity index (χ4n) is 5.90. The van der Waals surface area contributed by atoms with E-state index in [1.165, 1.54) is 30.4 Å². The molecule has 0 amide bonds. The molecule has 0 bridgehead atoms. The van der Waals surface area contributed by atoms with Gasteiger partial charge in [0.2, 0.25) is 0 Å². The van der Waals surface area contributed by atoms with Crippen molar-refractivity contribution >= 4 is 0 Å². The third-order valence-corrected chi connectivity index (χ3v) is 7.17. The summed E-state index contributed by atoms with van der Waals surface area (Å²) in [5, 5.41) is 20.7. The maximum atomic E-state index is 10.5. The number of benzene rings is 1. The van der Waals surface area contributed by atoms with Crippen LogP contribution in [0.1, 0.15) is 61.6 Å². The molecular formula is C20H28O3. The first-order chi connectivity index (χ1) is 11.0. The largest absolute Gasteiger partial charge is 0.508 e. The molecule has 3 aliphatic carbocycles. The molecule has 0 saturated heterocycles. The lowest BCUT2D eigenvalue weighted by molar-refractivity contribution is -0.0226. The third-order valence-electron chi connectivity index (χ3n) is 7.17. The summed E-state index contributed by atoms with van der Waals surface area (Å²) in [4.78, 5) is 0. The number of methoxy groups -OCH3 is 1. The molecule has 3 nitrogen and oxygen atoms in total. The fraction of sp³-hybridized carbons (Fsp3) is 0.700. The topological polar surface area (TPSA) is 49.7 Å². The van der Waals surface area contributed by atoms with Gasteiger partial charge in [-0.2, -0.15) is 0 Å². The van der Waals surface area contributed by atoms with Crippen molar-refractivity contribution in [2.75, 3.05) is 7.11 Å². The Morgan fingerprint density at radius 1 is 1.22 bits per heavy atom. The lowest BCUT2D eigenvalue weighted by atomic mass is 9.55. The Hall–Kier alpha value is -1.06. The molecule has 3 heteroatoms. The van der Waals surface area contributed by atoms with Gasteiger partial charge in [0.1, 0.15) is 5.75 Å². The van der Waals surface area contributed by atoms with Crippen LogP contribution in [0.3, 0.4) is 0 Å². The summed E-state index contributed by atoms with van der Waals surface area (Å²) in [6.07, 6.45) is 6.59. The minimum absolute atomic E-state index is 0.112. The van der Waals surface area contributed by atoms with E-state index in [0.29, 0.717) is 30.1 Å². The van der Waals surface area contributed by atoms with Crippen molar-refractivity contribution in [2.24, 2.45) is 17.3 Å². The van der Waals surface area contributed by atoms with E-state index < -0.39 is 0 Å². The van der Waals surface area contributed by atoms with Crippen molar-refractivity contribution in [2.45, 2.75) is 64.1 Å². The molecule has 1 aromatic rings. The van der Waals surface area contributed by atoms with Crippen LogP contribution in [0.2, 0.25) is 0 Å². The van der Waals surface area contributed by atoms with Gasteiger partial charge in [0, 0.05) is 12.7 Å². The third kappa shape index (κ3) is 2.24. The molecule has 0 aromatic heterocycles. The van der Waals surface area contributed by atoms with Gasteiger partial charge in [-0.25, -0.2) is 0 Å². The summed E-state index contributed by atoms with van der Waals surface area (Å²) in [5.74, 6) is 2.32. The Labute approximate surface area is 138 Å². The molecule has 3 unspecified atom stereocenters. The van der Waals surface area contributed by atoms with Crippen molar-refractivity contribution < 1.29 is 14.9 Å². The molecule has 0 heterocycles. The van der Waals surface area contributed by atoms with E-state index in [-0.39, 0.29) is 11.5 Å². The van der Waals surface area contributed by atoms with Gasteiger partial charge in [-0.1, -0.05) is 6.92 Å². The molecular weight excluding hydrogens is 288 g/mol. The van der Waals surface area contributed by atoms with Gasteiger partial charge >= 0.3 is 0 Å². The lowest BCUT2D eigenvalue weighted by Crippen LogP contribution is -2.43. The summed E-state index contributed by atoms with van der Waals surface area (Å²) in [5.41, 5.74) is 3.80. The van der Waals surface area contributed by atoms with E-state index in [2.05, 4.69) is 13.0 Å². The smallest absolute Gasteiger partial charge is 0.121 e. The van der Waals surface area contributed by atoms with Crippen LogP contribution in [0.25, 0.3) is 0 Å². The molecule has 0 aliphatic heterocycles. The number of aliphatic hydroxyl groups excluding tert-OH is 1. The molecule has 3 aliphatic rings. The van der Waals surface area contributed by atoms with Gasteiger partial charge in [-0.3, -0.25) is 0 Å². The maximum Gasteiger partial charge on any atom is 0.121 e. The second kappa shape index (κ2) is 5.49. The average molecular weight is 316 g/mol. The highest BCUT2D eigenvalue weighted by Gasteiger charge is 2.54. The van der Waals surface area contributed by atoms with Gasteiger partial charge in [-0.15, -0.1) is 0 Å². The SMILES string of the molecule is COCc1cc2c(cc1O)CCC1C2CC[C@@]2(C)C1CC[C@@H]2O. The average Bonchev–Trinajstić information content (AvgIpc) is 2.84. The predicted molar refractivity (Wildman–Crippen MR) is 89.4 cm³/mol. The summed E-state index contributed by atoms with van der Waals surface area (Å²) in [6, 6.07) is 4.16. The van der Waals surface area contributed by atoms with E-state index in [1.54, 1.807) is 7.11 Å². The molecule has 0 radical (unpaired) electrons. The zero-order chi connectivity index (χ0) is 16.2. The van der Waals surface area contributed by atoms with Crippen LogP contribution in [0.5, 0.6) is 5.75 Å². The van der Waals surface area contributed by atoms with Crippen LogP contribution in [0.15, 0.2) is 12.1 Å². The van der Waals surface area contributed by atoms with Crippen molar-refractivity contribution in [1.29, 1.82) is 0 Å². The van der Waals surface area contributed by atoms with Crippen LogP contribution in [0.4, 0.5) is 0 Å². The monoisotopic (exact) mass is 316 g/mol. The van der Waals surface area contributed by atoms with E-state index in [1.807, 2.05) is 6.07 Å². The molecule has 1 aromatic carbocycles. The van der Waals surface area contributed by atoms with Gasteiger partial charge < -0.3 is 14.9 Å². The molecule has 2 fully saturated rings. The van der Waals surface area contributed by atoms with Crippen molar-refractivity contribution in [3.8, 4) is 5.75 Å². The number of hydrogen-bond donors (Lipinski definition) is 2. The Bertz CT molecular complexity index is 611. The van der Waals surface area contributed by atoms with Crippen LogP contribution in [0, 0.1) is 17.3 Å². The Morgan fingerprint density at radius 2 is 2.04 bits per heavy atom. The summed E-state index contributed by atoms with van der Waals surface area (Å²) >= 11 is 0. The fourth-order valence-corrected chi connectivity index (χ4v) is 5.90. The number of aryl methyl sites for hydroxylation is 1. The number of aromatic hydroxyl groups is 1. The van der Waals surface area contributed by atoms with Crippen LogP contribution < -0.4 is 0 Å². The van der Waals surface area contributed by atoms with Crippen molar-refractivity contribution in [3.63, 3.8) is 0 Å². The second-order valence-electron chi connectivity index (χ2n) is 8.17. The summed E-state index contributed by atoms with van der Waals surface area (Å²) in [7, 11) is 1.67. The number of hydrogen-bond acceptors (Lipinski definition) is 3. The highest BCUT2D eigenvalue weighted by atomic mass is 16.5. The Morgan fingerprint density at radius 3 is 2.83 bits per heavy atom. The maximum absolute atomic E-state index is 10.5. The number of fused-ring (bicyclic) bond motifs is 5. The van der Waals surface area contributed by atoms with E-state index in [0.717, 1.165) is 24.8 Å². The Kier molecular flexibility index (Phi) is 3.69. The highest BCUT2D eigenvalue weighted by molar-refractivity contribution is 5.45. The van der Waals surface area contributed by atoms with Crippen LogP contribution >= 0.6 is 0 Å². The lowest BCUT2D eigenvalue weighted by Gasteiger charge is -2.50. The summed E-state index contributed by atoms with van der Waals surface area (Å²) in [6.45, 7) is 2.78. The number of phenols is 1. The highest BCUT2D eigenvalue weighted by Crippen LogP contribution is 2.61. The van der Waals surface area contributed by atoms with E-state index >= 15 is 0 Å². The summed E-state index contributed by atoms with van der Waals surface area (Å²) < 4.78 is 5.24. The van der Waals surface area contributed by atoms with Gasteiger partial charge in [0.05, 0.1) is 12.7 Å². The molecule has 23 heavy (non-hydrogen) atoms. The molecule has 0 spiro atoms. The zero-order valence-electron chi connectivity index (χ0n) is 14.2.